The molecular weight excluding hydrogens is 268 g/mol. The van der Waals surface area contributed by atoms with Gasteiger partial charge in [-0.1, -0.05) is 12.1 Å². The van der Waals surface area contributed by atoms with Crippen molar-refractivity contribution in [1.82, 2.24) is 30.0 Å². The Morgan fingerprint density at radius 3 is 2.86 bits per heavy atom. The van der Waals surface area contributed by atoms with Crippen molar-refractivity contribution < 1.29 is 4.79 Å². The Hall–Kier alpha value is -2.83. The number of carbonyl (C=O) groups is 1. The Morgan fingerprint density at radius 1 is 1.19 bits per heavy atom. The van der Waals surface area contributed by atoms with Gasteiger partial charge in [-0.2, -0.15) is 0 Å². The largest absolute Gasteiger partial charge is 0.349 e. The third-order valence-corrected chi connectivity index (χ3v) is 3.00. The van der Waals surface area contributed by atoms with E-state index in [1.807, 2.05) is 29.0 Å². The molecule has 2 heterocycles. The van der Waals surface area contributed by atoms with Crippen LogP contribution in [-0.4, -0.2) is 37.2 Å². The zero-order chi connectivity index (χ0) is 14.5. The quantitative estimate of drug-likeness (QED) is 0.707. The van der Waals surface area contributed by atoms with Gasteiger partial charge in [0.2, 0.25) is 5.82 Å². The van der Waals surface area contributed by atoms with Crippen LogP contribution in [0.4, 0.5) is 0 Å². The van der Waals surface area contributed by atoms with Crippen LogP contribution in [0.5, 0.6) is 0 Å². The molecular formula is C14H14N6O. The van der Waals surface area contributed by atoms with Crippen LogP contribution in [0.1, 0.15) is 17.0 Å². The molecule has 0 fully saturated rings. The summed E-state index contributed by atoms with van der Waals surface area (Å²) in [5, 5.41) is 10.6. The van der Waals surface area contributed by atoms with Crippen molar-refractivity contribution in [3.05, 3.63) is 48.8 Å². The van der Waals surface area contributed by atoms with Gasteiger partial charge < -0.3 is 9.88 Å². The van der Waals surface area contributed by atoms with E-state index < -0.39 is 0 Å². The minimum atomic E-state index is -0.307. The molecule has 21 heavy (non-hydrogen) atoms. The standard InChI is InChI=1S/C14H14N6O/c21-14(16-6-3-8-20-9-7-15-10-20)13-17-11-4-1-2-5-12(11)18-19-13/h1-2,4-5,7,9-10H,3,6,8H2,(H,16,21). The summed E-state index contributed by atoms with van der Waals surface area (Å²) in [6, 6.07) is 7.32. The molecule has 0 aliphatic carbocycles. The fraction of sp³-hybridized carbons (Fsp3) is 0.214. The molecule has 7 nitrogen and oxygen atoms in total. The highest BCUT2D eigenvalue weighted by Crippen LogP contribution is 2.06. The summed E-state index contributed by atoms with van der Waals surface area (Å²) in [6.07, 6.45) is 6.17. The van der Waals surface area contributed by atoms with Crippen molar-refractivity contribution in [2.45, 2.75) is 13.0 Å². The van der Waals surface area contributed by atoms with Crippen molar-refractivity contribution in [3.8, 4) is 0 Å². The molecule has 0 atom stereocenters. The Balaban J connectivity index is 1.56. The zero-order valence-corrected chi connectivity index (χ0v) is 11.3. The molecule has 2 aromatic heterocycles. The van der Waals surface area contributed by atoms with Crippen LogP contribution in [0, 0.1) is 0 Å². The summed E-state index contributed by atoms with van der Waals surface area (Å²) >= 11 is 0. The fourth-order valence-corrected chi connectivity index (χ4v) is 1.94. The predicted molar refractivity (Wildman–Crippen MR) is 76.5 cm³/mol. The third-order valence-electron chi connectivity index (χ3n) is 3.00. The Kier molecular flexibility index (Phi) is 3.81. The van der Waals surface area contributed by atoms with E-state index in [1.54, 1.807) is 18.6 Å². The molecule has 1 N–H and O–H groups in total. The van der Waals surface area contributed by atoms with E-state index in [4.69, 9.17) is 0 Å². The summed E-state index contributed by atoms with van der Waals surface area (Å²) in [7, 11) is 0. The average molecular weight is 282 g/mol. The van der Waals surface area contributed by atoms with Crippen molar-refractivity contribution in [2.75, 3.05) is 6.54 Å². The van der Waals surface area contributed by atoms with Crippen LogP contribution in [0.25, 0.3) is 11.0 Å². The highest BCUT2D eigenvalue weighted by molar-refractivity contribution is 5.91. The highest BCUT2D eigenvalue weighted by atomic mass is 16.2. The number of carbonyl (C=O) groups excluding carboxylic acids is 1. The van der Waals surface area contributed by atoms with Crippen LogP contribution in [-0.2, 0) is 6.54 Å². The number of imidazole rings is 1. The maximum Gasteiger partial charge on any atom is 0.291 e. The van der Waals surface area contributed by atoms with Crippen molar-refractivity contribution >= 4 is 16.9 Å². The first-order valence-electron chi connectivity index (χ1n) is 6.66. The number of hydrogen-bond donors (Lipinski definition) is 1. The van der Waals surface area contributed by atoms with E-state index in [-0.39, 0.29) is 11.7 Å². The van der Waals surface area contributed by atoms with Gasteiger partial charge in [-0.25, -0.2) is 9.97 Å². The van der Waals surface area contributed by atoms with Gasteiger partial charge >= 0.3 is 0 Å². The molecule has 0 bridgehead atoms. The number of para-hydroxylation sites is 1. The predicted octanol–water partition coefficient (Wildman–Crippen LogP) is 1.04. The van der Waals surface area contributed by atoms with E-state index in [0.29, 0.717) is 17.6 Å². The lowest BCUT2D eigenvalue weighted by Crippen LogP contribution is -2.27. The van der Waals surface area contributed by atoms with Crippen molar-refractivity contribution in [3.63, 3.8) is 0 Å². The second kappa shape index (κ2) is 6.08. The highest BCUT2D eigenvalue weighted by Gasteiger charge is 2.10. The van der Waals surface area contributed by atoms with Crippen LogP contribution in [0.15, 0.2) is 43.0 Å². The number of benzene rings is 1. The molecule has 7 heteroatoms. The molecule has 0 saturated carbocycles. The third kappa shape index (κ3) is 3.19. The van der Waals surface area contributed by atoms with E-state index in [9.17, 15) is 4.79 Å². The zero-order valence-electron chi connectivity index (χ0n) is 11.3. The lowest BCUT2D eigenvalue weighted by molar-refractivity contribution is 0.0941. The average Bonchev–Trinajstić information content (AvgIpc) is 3.04. The lowest BCUT2D eigenvalue weighted by Gasteiger charge is -2.05. The summed E-state index contributed by atoms with van der Waals surface area (Å²) in [4.78, 5) is 20.1. The molecule has 0 unspecified atom stereocenters. The Morgan fingerprint density at radius 2 is 2.05 bits per heavy atom. The molecule has 0 aliphatic rings. The van der Waals surface area contributed by atoms with Gasteiger partial charge in [0.25, 0.3) is 5.91 Å². The maximum atomic E-state index is 12.0. The van der Waals surface area contributed by atoms with Crippen molar-refractivity contribution in [1.29, 1.82) is 0 Å². The molecule has 0 aliphatic heterocycles. The van der Waals surface area contributed by atoms with Gasteiger partial charge in [-0.15, -0.1) is 10.2 Å². The van der Waals surface area contributed by atoms with Gasteiger partial charge in [-0.05, 0) is 18.6 Å². The first-order chi connectivity index (χ1) is 10.3. The minimum Gasteiger partial charge on any atom is -0.349 e. The number of hydrogen-bond acceptors (Lipinski definition) is 5. The van der Waals surface area contributed by atoms with E-state index in [2.05, 4.69) is 25.5 Å². The van der Waals surface area contributed by atoms with Gasteiger partial charge in [0.05, 0.1) is 11.8 Å². The summed E-state index contributed by atoms with van der Waals surface area (Å²) in [6.45, 7) is 1.35. The van der Waals surface area contributed by atoms with Crippen LogP contribution < -0.4 is 5.32 Å². The monoisotopic (exact) mass is 282 g/mol. The van der Waals surface area contributed by atoms with Crippen LogP contribution >= 0.6 is 0 Å². The Labute approximate surface area is 121 Å². The summed E-state index contributed by atoms with van der Waals surface area (Å²) in [5.41, 5.74) is 1.34. The van der Waals surface area contributed by atoms with Gasteiger partial charge in [0.1, 0.15) is 5.52 Å². The molecule has 1 aromatic carbocycles. The molecule has 3 aromatic rings. The lowest BCUT2D eigenvalue weighted by atomic mass is 10.3. The smallest absolute Gasteiger partial charge is 0.291 e. The van der Waals surface area contributed by atoms with Gasteiger partial charge in [-0.3, -0.25) is 4.79 Å². The summed E-state index contributed by atoms with van der Waals surface area (Å²) < 4.78 is 1.96. The topological polar surface area (TPSA) is 85.6 Å². The number of nitrogens with zero attached hydrogens (tertiary/aromatic N) is 5. The first kappa shape index (κ1) is 13.2. The van der Waals surface area contributed by atoms with E-state index >= 15 is 0 Å². The molecule has 0 spiro atoms. The number of rotatable bonds is 5. The van der Waals surface area contributed by atoms with Crippen molar-refractivity contribution in [2.24, 2.45) is 0 Å². The maximum absolute atomic E-state index is 12.0. The number of amides is 1. The number of fused-ring (bicyclic) bond motifs is 1. The first-order valence-corrected chi connectivity index (χ1v) is 6.66. The van der Waals surface area contributed by atoms with Crippen LogP contribution in [0.2, 0.25) is 0 Å². The molecule has 0 radical (unpaired) electrons. The number of aryl methyl sites for hydroxylation is 1. The molecule has 3 rings (SSSR count). The number of nitrogens with one attached hydrogen (secondary N) is 1. The fourth-order valence-electron chi connectivity index (χ4n) is 1.94. The summed E-state index contributed by atoms with van der Waals surface area (Å²) in [5.74, 6) is -0.213. The molecule has 1 amide bonds. The van der Waals surface area contributed by atoms with Gasteiger partial charge in [0.15, 0.2) is 0 Å². The second-order valence-corrected chi connectivity index (χ2v) is 4.53. The molecule has 106 valence electrons. The van der Waals surface area contributed by atoms with E-state index in [1.165, 1.54) is 0 Å². The second-order valence-electron chi connectivity index (χ2n) is 4.53. The molecule has 0 saturated heterocycles. The van der Waals surface area contributed by atoms with Gasteiger partial charge in [0, 0.05) is 25.5 Å². The SMILES string of the molecule is O=C(NCCCn1ccnc1)c1nnc2ccccc2n1. The van der Waals surface area contributed by atoms with E-state index in [0.717, 1.165) is 13.0 Å². The van der Waals surface area contributed by atoms with Crippen LogP contribution in [0.3, 0.4) is 0 Å². The number of aromatic nitrogens is 5. The Bertz CT molecular complexity index is 740. The minimum absolute atomic E-state index is 0.0938. The normalized spacial score (nSPS) is 10.7.